The smallest absolute Gasteiger partial charge is 1.00 e. The molecule has 0 aromatic heterocycles. The summed E-state index contributed by atoms with van der Waals surface area (Å²) in [6.07, 6.45) is 0. The zero-order valence-corrected chi connectivity index (χ0v) is 35.5. The monoisotopic (exact) mass is 880 g/mol. The van der Waals surface area contributed by atoms with Gasteiger partial charge in [-0.05, 0) is 0 Å². The predicted molar refractivity (Wildman–Crippen MR) is 118 cm³/mol. The van der Waals surface area contributed by atoms with Crippen molar-refractivity contribution >= 4 is 83.2 Å². The average molecular weight is 881 g/mol. The first-order chi connectivity index (χ1) is 16.0. The van der Waals surface area contributed by atoms with E-state index in [0.717, 1.165) is 0 Å². The minimum Gasteiger partial charge on any atom is -1.00 e. The van der Waals surface area contributed by atoms with E-state index in [9.17, 15) is 0 Å². The molecule has 44 heavy (non-hydrogen) atoms. The van der Waals surface area contributed by atoms with Crippen molar-refractivity contribution in [1.29, 1.82) is 0 Å². The van der Waals surface area contributed by atoms with Gasteiger partial charge in [-0.2, -0.15) is 67.3 Å². The van der Waals surface area contributed by atoms with Crippen molar-refractivity contribution in [2.45, 2.75) is 0 Å². The van der Waals surface area contributed by atoms with E-state index >= 15 is 0 Å². The minimum absolute atomic E-state index is 0. The molecule has 0 fully saturated rings. The molecule has 0 rings (SSSR count). The van der Waals surface area contributed by atoms with Crippen molar-refractivity contribution in [3.05, 3.63) is 0 Å². The predicted octanol–water partition coefficient (Wildman–Crippen LogP) is -16.8. The fraction of sp³-hybridized carbons (Fsp3) is 0. The van der Waals surface area contributed by atoms with Crippen LogP contribution in [0.4, 0.5) is 0 Å². The second-order valence-corrected chi connectivity index (χ2v) is 10.7. The van der Waals surface area contributed by atoms with Crippen LogP contribution in [0, 0.1) is 0 Å². The first kappa shape index (κ1) is 81.2. The Bertz CT molecular complexity index is 1090. The molecule has 0 aliphatic carbocycles. The minimum atomic E-state index is -4.67. The van der Waals surface area contributed by atoms with E-state index in [1.807, 2.05) is 0 Å². The van der Waals surface area contributed by atoms with Crippen LogP contribution in [0.5, 0.6) is 0 Å². The first-order valence-corrected chi connectivity index (χ1v) is 16.8. The van der Waals surface area contributed by atoms with E-state index in [1.54, 1.807) is 0 Å². The van der Waals surface area contributed by atoms with Gasteiger partial charge in [0, 0.05) is 0 Å². The molecule has 0 aliphatic rings. The molecule has 0 saturated carbocycles. The van der Waals surface area contributed by atoms with Crippen LogP contribution in [-0.4, -0.2) is 140 Å². The van der Waals surface area contributed by atoms with Gasteiger partial charge in [-0.25, -0.2) is 0 Å². The second kappa shape index (κ2) is 35.8. The summed E-state index contributed by atoms with van der Waals surface area (Å²) in [5.41, 5.74) is 0. The Morgan fingerprint density at radius 3 is 0.182 bits per heavy atom. The Hall–Kier alpha value is 2.96. The second-order valence-electron chi connectivity index (χ2n) is 3.58. The maximum absolute atomic E-state index is 8.74. The zero-order valence-electron chi connectivity index (χ0n) is 25.0. The third-order valence-electron chi connectivity index (χ3n) is 0. The normalized spacial score (nSPS) is 10.5. The average Bonchev–Trinajstić information content (AvgIpc) is 2.16. The summed E-state index contributed by atoms with van der Waals surface area (Å²) in [5, 5.41) is 0. The summed E-state index contributed by atoms with van der Waals surface area (Å²) in [7, 11) is -37.3. The molecule has 0 aromatic carbocycles. The molecular weight excluding hydrogens is 860 g/mol. The van der Waals surface area contributed by atoms with Gasteiger partial charge in [-0.1, -0.05) is 0 Å². The van der Waals surface area contributed by atoms with Gasteiger partial charge in [0.05, 0.1) is 0 Å². The van der Waals surface area contributed by atoms with Crippen molar-refractivity contribution in [2.75, 3.05) is 0 Å². The van der Waals surface area contributed by atoms with Gasteiger partial charge in [0.2, 0.25) is 0 Å². The molecule has 0 bridgehead atoms. The molecule has 0 amide bonds. The van der Waals surface area contributed by atoms with Gasteiger partial charge in [0.1, 0.15) is 0 Å². The molecule has 0 spiro atoms. The Morgan fingerprint density at radius 1 is 0.182 bits per heavy atom. The number of hydrogen-bond donors (Lipinski definition) is 16. The van der Waals surface area contributed by atoms with Crippen LogP contribution >= 0.6 is 0 Å². The van der Waals surface area contributed by atoms with Gasteiger partial charge in [-0.15, -0.1) is 0 Å². The summed E-state index contributed by atoms with van der Waals surface area (Å²) in [6.45, 7) is 0. The maximum atomic E-state index is 8.74. The van der Waals surface area contributed by atoms with E-state index in [-0.39, 0.29) is 124 Å². The first-order valence-electron chi connectivity index (χ1n) is 5.59. The van der Waals surface area contributed by atoms with Crippen molar-refractivity contribution in [3.63, 3.8) is 0 Å². The molecule has 0 aromatic rings. The van der Waals surface area contributed by atoms with Gasteiger partial charge < -0.3 is 5.71 Å². The Kier molecular flexibility index (Phi) is 66.0. The summed E-state index contributed by atoms with van der Waals surface area (Å²) >= 11 is 0. The molecule has 16 N–H and O–H groups in total. The van der Waals surface area contributed by atoms with Crippen molar-refractivity contribution in [2.24, 2.45) is 0 Å². The van der Waals surface area contributed by atoms with E-state index in [1.165, 1.54) is 0 Å². The Balaban J connectivity index is -0.0000000170. The summed E-state index contributed by atoms with van der Waals surface area (Å²) in [5.74, 6) is 0. The third-order valence-corrected chi connectivity index (χ3v) is 0. The van der Waals surface area contributed by atoms with E-state index in [4.69, 9.17) is 140 Å². The Morgan fingerprint density at radius 2 is 0.182 bits per heavy atom. The van der Waals surface area contributed by atoms with Crippen LogP contribution in [0.15, 0.2) is 0 Å². The number of rotatable bonds is 0. The van der Waals surface area contributed by atoms with Crippen LogP contribution in [0.25, 0.3) is 0 Å². The third kappa shape index (κ3) is 9920. The molecule has 32 nitrogen and oxygen atoms in total. The molecule has 0 unspecified atom stereocenters. The molecular formula is H20Na4O32S8. The van der Waals surface area contributed by atoms with Crippen molar-refractivity contribution < 1.29 is 264 Å². The Labute approximate surface area is 342 Å². The molecule has 0 heterocycles. The SMILES string of the molecule is O=S(=O)(O)O.O=S(=O)(O)O.O=S(=O)(O)O.O=S(=O)(O)O.O=S(=O)(O)O.O=S(=O)(O)O.O=S(=O)(O)O.O=S(=O)(O)O.[H-].[H-].[H-].[H-].[Na+].[Na+].[Na+].[Na+]. The van der Waals surface area contributed by atoms with E-state index in [2.05, 4.69) is 0 Å². The molecule has 0 saturated heterocycles. The van der Waals surface area contributed by atoms with Gasteiger partial charge in [0.15, 0.2) is 0 Å². The van der Waals surface area contributed by atoms with Crippen molar-refractivity contribution in [1.82, 2.24) is 0 Å². The van der Waals surface area contributed by atoms with Crippen LogP contribution in [0.2, 0.25) is 0 Å². The summed E-state index contributed by atoms with van der Waals surface area (Å²) in [4.78, 5) is 0. The van der Waals surface area contributed by atoms with Gasteiger partial charge in [0.25, 0.3) is 0 Å². The maximum Gasteiger partial charge on any atom is 1.00 e. The molecule has 0 radical (unpaired) electrons. The molecule has 0 aliphatic heterocycles. The van der Waals surface area contributed by atoms with Crippen LogP contribution in [-0.2, 0) is 83.2 Å². The fourth-order valence-corrected chi connectivity index (χ4v) is 0. The zero-order chi connectivity index (χ0) is 36.0. The number of hydrogen-bond acceptors (Lipinski definition) is 16. The van der Waals surface area contributed by atoms with Crippen LogP contribution < -0.4 is 118 Å². The van der Waals surface area contributed by atoms with E-state index in [0.29, 0.717) is 0 Å². The van der Waals surface area contributed by atoms with E-state index < -0.39 is 83.2 Å². The molecule has 0 atom stereocenters. The topological polar surface area (TPSA) is 597 Å². The van der Waals surface area contributed by atoms with Gasteiger partial charge >= 0.3 is 201 Å². The quantitative estimate of drug-likeness (QED) is 0.0793. The molecule has 44 heteroatoms. The van der Waals surface area contributed by atoms with Gasteiger partial charge in [-0.3, -0.25) is 72.8 Å². The van der Waals surface area contributed by atoms with Crippen LogP contribution in [0.3, 0.4) is 0 Å². The fourth-order valence-electron chi connectivity index (χ4n) is 0. The standard InChI is InChI=1S/4Na.8H2O4S.4H/c;;;;8*1-5(2,3)4;;;;/h;;;;8*(H2,1,2,3,4);;;;/q4*+1;;;;;;;;;4*-1. The summed E-state index contributed by atoms with van der Waals surface area (Å²) in [6, 6.07) is 0. The largest absolute Gasteiger partial charge is 1.00 e. The van der Waals surface area contributed by atoms with Crippen molar-refractivity contribution in [3.8, 4) is 0 Å². The molecule has 264 valence electrons. The van der Waals surface area contributed by atoms with Crippen LogP contribution in [0.1, 0.15) is 5.71 Å². The summed E-state index contributed by atoms with van der Waals surface area (Å²) < 4.78 is 253.